The summed E-state index contributed by atoms with van der Waals surface area (Å²) in [7, 11) is -3.15. The first kappa shape index (κ1) is 14.0. The molecule has 0 saturated heterocycles. The van der Waals surface area contributed by atoms with Gasteiger partial charge in [0.15, 0.2) is 9.84 Å². The van der Waals surface area contributed by atoms with Crippen LogP contribution in [0.5, 0.6) is 0 Å². The predicted molar refractivity (Wildman–Crippen MR) is 71.9 cm³/mol. The zero-order chi connectivity index (χ0) is 12.9. The summed E-state index contributed by atoms with van der Waals surface area (Å²) in [5.74, 6) is 0. The molecule has 1 aromatic rings. The number of aryl methyl sites for hydroxylation is 1. The number of hydrogen-bond acceptors (Lipinski definition) is 2. The van der Waals surface area contributed by atoms with E-state index >= 15 is 0 Å². The summed E-state index contributed by atoms with van der Waals surface area (Å²) in [6.07, 6.45) is 5.92. The lowest BCUT2D eigenvalue weighted by atomic mass is 10.1. The SMILES string of the molecule is C/C=C\CCc1cccc(S(=O)(=O)C(C)C)c1. The Kier molecular flexibility index (Phi) is 4.94. The van der Waals surface area contributed by atoms with Crippen LogP contribution in [0.3, 0.4) is 0 Å². The maximum absolute atomic E-state index is 12.0. The molecule has 0 bridgehead atoms. The first-order valence-electron chi connectivity index (χ1n) is 5.92. The highest BCUT2D eigenvalue weighted by atomic mass is 32.2. The topological polar surface area (TPSA) is 34.1 Å². The van der Waals surface area contributed by atoms with E-state index in [0.717, 1.165) is 18.4 Å². The second-order valence-electron chi connectivity index (χ2n) is 4.35. The number of rotatable bonds is 5. The van der Waals surface area contributed by atoms with Crippen LogP contribution in [0.15, 0.2) is 41.3 Å². The number of sulfone groups is 1. The van der Waals surface area contributed by atoms with Gasteiger partial charge in [-0.2, -0.15) is 0 Å². The summed E-state index contributed by atoms with van der Waals surface area (Å²) >= 11 is 0. The molecule has 0 atom stereocenters. The number of hydrogen-bond donors (Lipinski definition) is 0. The van der Waals surface area contributed by atoms with Crippen LogP contribution in [-0.2, 0) is 16.3 Å². The van der Waals surface area contributed by atoms with Crippen LogP contribution >= 0.6 is 0 Å². The maximum atomic E-state index is 12.0. The van der Waals surface area contributed by atoms with Gasteiger partial charge in [0.1, 0.15) is 0 Å². The molecule has 0 aliphatic heterocycles. The van der Waals surface area contributed by atoms with Gasteiger partial charge in [0.2, 0.25) is 0 Å². The van der Waals surface area contributed by atoms with Crippen molar-refractivity contribution >= 4 is 9.84 Å². The van der Waals surface area contributed by atoms with Crippen LogP contribution < -0.4 is 0 Å². The second kappa shape index (κ2) is 6.01. The van der Waals surface area contributed by atoms with E-state index in [2.05, 4.69) is 6.08 Å². The van der Waals surface area contributed by atoms with Crippen molar-refractivity contribution in [2.24, 2.45) is 0 Å². The van der Waals surface area contributed by atoms with Crippen molar-refractivity contribution in [2.75, 3.05) is 0 Å². The van der Waals surface area contributed by atoms with Gasteiger partial charge in [-0.3, -0.25) is 0 Å². The van der Waals surface area contributed by atoms with Gasteiger partial charge in [-0.25, -0.2) is 8.42 Å². The fourth-order valence-corrected chi connectivity index (χ4v) is 2.70. The Morgan fingerprint density at radius 2 is 2.00 bits per heavy atom. The molecule has 0 amide bonds. The van der Waals surface area contributed by atoms with Crippen molar-refractivity contribution < 1.29 is 8.42 Å². The molecule has 0 aliphatic carbocycles. The van der Waals surface area contributed by atoms with Crippen molar-refractivity contribution in [3.8, 4) is 0 Å². The molecule has 0 N–H and O–H groups in total. The third-order valence-corrected chi connectivity index (χ3v) is 4.84. The van der Waals surface area contributed by atoms with Gasteiger partial charge in [0.25, 0.3) is 0 Å². The standard InChI is InChI=1S/C14H20O2S/c1-4-5-6-8-13-9-7-10-14(11-13)17(15,16)12(2)3/h4-5,7,9-12H,6,8H2,1-3H3/b5-4-. The Bertz CT molecular complexity index is 485. The summed E-state index contributed by atoms with van der Waals surface area (Å²) in [4.78, 5) is 0.436. The van der Waals surface area contributed by atoms with E-state index in [0.29, 0.717) is 4.90 Å². The highest BCUT2D eigenvalue weighted by molar-refractivity contribution is 7.92. The molecule has 0 heterocycles. The van der Waals surface area contributed by atoms with Crippen molar-refractivity contribution in [2.45, 2.75) is 43.8 Å². The zero-order valence-corrected chi connectivity index (χ0v) is 11.5. The quantitative estimate of drug-likeness (QED) is 0.753. The zero-order valence-electron chi connectivity index (χ0n) is 10.7. The van der Waals surface area contributed by atoms with Gasteiger partial charge in [0, 0.05) is 0 Å². The molecule has 1 aromatic carbocycles. The molecular formula is C14H20O2S. The lowest BCUT2D eigenvalue weighted by molar-refractivity contribution is 0.587. The van der Waals surface area contributed by atoms with Crippen LogP contribution in [0.4, 0.5) is 0 Å². The van der Waals surface area contributed by atoms with E-state index in [1.54, 1.807) is 26.0 Å². The van der Waals surface area contributed by atoms with E-state index in [9.17, 15) is 8.42 Å². The third kappa shape index (κ3) is 3.70. The normalized spacial score (nSPS) is 12.5. The van der Waals surface area contributed by atoms with Gasteiger partial charge >= 0.3 is 0 Å². The molecule has 0 aromatic heterocycles. The van der Waals surface area contributed by atoms with Crippen molar-refractivity contribution in [3.63, 3.8) is 0 Å². The van der Waals surface area contributed by atoms with Crippen LogP contribution in [0, 0.1) is 0 Å². The highest BCUT2D eigenvalue weighted by Crippen LogP contribution is 2.18. The molecule has 0 spiro atoms. The molecular weight excluding hydrogens is 232 g/mol. The summed E-state index contributed by atoms with van der Waals surface area (Å²) < 4.78 is 24.0. The van der Waals surface area contributed by atoms with E-state index in [1.807, 2.05) is 25.1 Å². The highest BCUT2D eigenvalue weighted by Gasteiger charge is 2.18. The minimum Gasteiger partial charge on any atom is -0.223 e. The molecule has 0 saturated carbocycles. The van der Waals surface area contributed by atoms with E-state index in [4.69, 9.17) is 0 Å². The molecule has 1 rings (SSSR count). The first-order chi connectivity index (χ1) is 7.98. The minimum atomic E-state index is -3.15. The summed E-state index contributed by atoms with van der Waals surface area (Å²) in [5.41, 5.74) is 1.07. The molecule has 2 nitrogen and oxygen atoms in total. The van der Waals surface area contributed by atoms with E-state index in [1.165, 1.54) is 0 Å². The summed E-state index contributed by atoms with van der Waals surface area (Å²) in [5, 5.41) is -0.367. The second-order valence-corrected chi connectivity index (χ2v) is 6.85. The van der Waals surface area contributed by atoms with Crippen molar-refractivity contribution in [3.05, 3.63) is 42.0 Å². The smallest absolute Gasteiger partial charge is 0.180 e. The maximum Gasteiger partial charge on any atom is 0.180 e. The molecule has 94 valence electrons. The molecule has 3 heteroatoms. The Morgan fingerprint density at radius 1 is 1.29 bits per heavy atom. The molecule has 0 unspecified atom stereocenters. The lowest BCUT2D eigenvalue weighted by Crippen LogP contribution is -2.14. The van der Waals surface area contributed by atoms with Gasteiger partial charge in [-0.05, 0) is 51.3 Å². The van der Waals surface area contributed by atoms with Gasteiger partial charge in [0.05, 0.1) is 10.1 Å². The summed E-state index contributed by atoms with van der Waals surface area (Å²) in [6, 6.07) is 7.26. The Balaban J connectivity index is 2.94. The fraction of sp³-hybridized carbons (Fsp3) is 0.429. The van der Waals surface area contributed by atoms with Crippen LogP contribution in [0.1, 0.15) is 32.8 Å². The predicted octanol–water partition coefficient (Wildman–Crippen LogP) is 3.38. The average Bonchev–Trinajstić information content (AvgIpc) is 2.29. The molecule has 0 fully saturated rings. The van der Waals surface area contributed by atoms with Crippen LogP contribution in [-0.4, -0.2) is 13.7 Å². The summed E-state index contributed by atoms with van der Waals surface area (Å²) in [6.45, 7) is 5.41. The van der Waals surface area contributed by atoms with Gasteiger partial charge < -0.3 is 0 Å². The minimum absolute atomic E-state index is 0.367. The third-order valence-electron chi connectivity index (χ3n) is 2.68. The molecule has 0 radical (unpaired) electrons. The molecule has 17 heavy (non-hydrogen) atoms. The van der Waals surface area contributed by atoms with E-state index < -0.39 is 9.84 Å². The fourth-order valence-electron chi connectivity index (χ4n) is 1.57. The first-order valence-corrected chi connectivity index (χ1v) is 7.47. The van der Waals surface area contributed by atoms with E-state index in [-0.39, 0.29) is 5.25 Å². The van der Waals surface area contributed by atoms with Crippen LogP contribution in [0.2, 0.25) is 0 Å². The largest absolute Gasteiger partial charge is 0.223 e. The Labute approximate surface area is 104 Å². The van der Waals surface area contributed by atoms with Crippen molar-refractivity contribution in [1.82, 2.24) is 0 Å². The number of benzene rings is 1. The van der Waals surface area contributed by atoms with Gasteiger partial charge in [-0.1, -0.05) is 24.3 Å². The Morgan fingerprint density at radius 3 is 2.59 bits per heavy atom. The average molecular weight is 252 g/mol. The number of allylic oxidation sites excluding steroid dienone is 2. The van der Waals surface area contributed by atoms with Crippen molar-refractivity contribution in [1.29, 1.82) is 0 Å². The van der Waals surface area contributed by atoms with Crippen LogP contribution in [0.25, 0.3) is 0 Å². The Hall–Kier alpha value is -1.09. The molecule has 0 aliphatic rings. The monoisotopic (exact) mass is 252 g/mol. The lowest BCUT2D eigenvalue weighted by Gasteiger charge is -2.09. The van der Waals surface area contributed by atoms with Gasteiger partial charge in [-0.15, -0.1) is 0 Å².